The van der Waals surface area contributed by atoms with Gasteiger partial charge in [0.15, 0.2) is 0 Å². The van der Waals surface area contributed by atoms with E-state index >= 15 is 0 Å². The zero-order valence-corrected chi connectivity index (χ0v) is 6.43. The number of hydrogen-bond acceptors (Lipinski definition) is 2. The number of nitrogens with one attached hydrogen (secondary N) is 1. The summed E-state index contributed by atoms with van der Waals surface area (Å²) in [6.45, 7) is 3.12. The van der Waals surface area contributed by atoms with Gasteiger partial charge < -0.3 is 10.4 Å². The maximum absolute atomic E-state index is 8.51. The van der Waals surface area contributed by atoms with Gasteiger partial charge in [-0.2, -0.15) is 0 Å². The van der Waals surface area contributed by atoms with Crippen LogP contribution in [0.1, 0.15) is 19.8 Å². The summed E-state index contributed by atoms with van der Waals surface area (Å²) in [6, 6.07) is 0.373. The number of hydrogen-bond donors (Lipinski definition) is 2. The van der Waals surface area contributed by atoms with Crippen LogP contribution in [0.4, 0.5) is 0 Å². The molecule has 0 aromatic carbocycles. The van der Waals surface area contributed by atoms with Crippen LogP contribution in [0.3, 0.4) is 0 Å². The minimum absolute atomic E-state index is 0.240. The lowest BCUT2D eigenvalue weighted by atomic mass is 10.2. The molecule has 0 aliphatic rings. The highest BCUT2D eigenvalue weighted by atomic mass is 16.3. The molecule has 0 aliphatic carbocycles. The van der Waals surface area contributed by atoms with E-state index in [0.717, 1.165) is 19.4 Å². The monoisotopic (exact) mass is 141 g/mol. The van der Waals surface area contributed by atoms with Crippen LogP contribution in [0.15, 0.2) is 0 Å². The summed E-state index contributed by atoms with van der Waals surface area (Å²) in [4.78, 5) is 0. The minimum Gasteiger partial charge on any atom is -0.396 e. The molecule has 0 radical (unpaired) electrons. The Bertz CT molecular complexity index is 106. The van der Waals surface area contributed by atoms with Gasteiger partial charge in [0.2, 0.25) is 0 Å². The van der Waals surface area contributed by atoms with Gasteiger partial charge >= 0.3 is 0 Å². The van der Waals surface area contributed by atoms with Crippen molar-refractivity contribution in [2.75, 3.05) is 13.2 Å². The Morgan fingerprint density at radius 1 is 1.70 bits per heavy atom. The Kier molecular flexibility index (Phi) is 6.25. The molecule has 0 rings (SSSR count). The first-order chi connectivity index (χ1) is 4.81. The molecule has 0 aromatic heterocycles. The van der Waals surface area contributed by atoms with Gasteiger partial charge in [-0.1, -0.05) is 0 Å². The maximum atomic E-state index is 8.51. The predicted molar refractivity (Wildman–Crippen MR) is 42.6 cm³/mol. The second-order valence-electron chi connectivity index (χ2n) is 2.32. The van der Waals surface area contributed by atoms with E-state index in [-0.39, 0.29) is 6.61 Å². The van der Waals surface area contributed by atoms with E-state index in [1.807, 2.05) is 6.92 Å². The molecule has 1 atom stereocenters. The maximum Gasteiger partial charge on any atom is 0.0445 e. The summed E-state index contributed by atoms with van der Waals surface area (Å²) in [6.07, 6.45) is 6.61. The Balaban J connectivity index is 3.06. The van der Waals surface area contributed by atoms with Crippen LogP contribution < -0.4 is 5.32 Å². The standard InChI is InChI=1S/C8H15NO/c1-3-4-6-9-8(2)5-7-10/h1,8-10H,4-7H2,2H3. The van der Waals surface area contributed by atoms with E-state index in [1.54, 1.807) is 0 Å². The molecule has 2 N–H and O–H groups in total. The highest BCUT2D eigenvalue weighted by Gasteiger charge is 1.96. The summed E-state index contributed by atoms with van der Waals surface area (Å²) < 4.78 is 0. The Morgan fingerprint density at radius 2 is 2.40 bits per heavy atom. The fraction of sp³-hybridized carbons (Fsp3) is 0.750. The lowest BCUT2D eigenvalue weighted by molar-refractivity contribution is 0.269. The molecule has 0 fully saturated rings. The number of terminal acetylenes is 1. The summed E-state index contributed by atoms with van der Waals surface area (Å²) in [7, 11) is 0. The second kappa shape index (κ2) is 6.60. The van der Waals surface area contributed by atoms with E-state index in [9.17, 15) is 0 Å². The number of aliphatic hydroxyl groups is 1. The van der Waals surface area contributed by atoms with Crippen molar-refractivity contribution in [2.24, 2.45) is 0 Å². The highest BCUT2D eigenvalue weighted by molar-refractivity contribution is 4.84. The first-order valence-corrected chi connectivity index (χ1v) is 3.59. The largest absolute Gasteiger partial charge is 0.396 e. The van der Waals surface area contributed by atoms with E-state index < -0.39 is 0 Å². The van der Waals surface area contributed by atoms with Crippen LogP contribution in [0.2, 0.25) is 0 Å². The zero-order chi connectivity index (χ0) is 7.82. The summed E-state index contributed by atoms with van der Waals surface area (Å²) in [5.74, 6) is 2.54. The van der Waals surface area contributed by atoms with Crippen molar-refractivity contribution in [1.82, 2.24) is 5.32 Å². The molecule has 0 aromatic rings. The molecule has 0 aliphatic heterocycles. The van der Waals surface area contributed by atoms with Crippen molar-refractivity contribution in [3.05, 3.63) is 0 Å². The van der Waals surface area contributed by atoms with Crippen LogP contribution in [-0.4, -0.2) is 24.3 Å². The van der Waals surface area contributed by atoms with Crippen molar-refractivity contribution >= 4 is 0 Å². The second-order valence-corrected chi connectivity index (χ2v) is 2.32. The van der Waals surface area contributed by atoms with Crippen molar-refractivity contribution in [3.63, 3.8) is 0 Å². The molecule has 0 heterocycles. The molecule has 2 heteroatoms. The van der Waals surface area contributed by atoms with Gasteiger partial charge in [-0.25, -0.2) is 0 Å². The normalized spacial score (nSPS) is 12.5. The topological polar surface area (TPSA) is 32.3 Å². The van der Waals surface area contributed by atoms with Crippen molar-refractivity contribution in [3.8, 4) is 12.3 Å². The van der Waals surface area contributed by atoms with Gasteiger partial charge in [-0.3, -0.25) is 0 Å². The summed E-state index contributed by atoms with van der Waals surface area (Å²) >= 11 is 0. The van der Waals surface area contributed by atoms with Crippen molar-refractivity contribution in [1.29, 1.82) is 0 Å². The third-order valence-electron chi connectivity index (χ3n) is 1.32. The van der Waals surface area contributed by atoms with Crippen LogP contribution in [-0.2, 0) is 0 Å². The molecule has 0 spiro atoms. The highest BCUT2D eigenvalue weighted by Crippen LogP contribution is 1.87. The molecule has 1 unspecified atom stereocenters. The minimum atomic E-state index is 0.240. The van der Waals surface area contributed by atoms with Gasteiger partial charge in [0.25, 0.3) is 0 Å². The molecule has 0 saturated heterocycles. The summed E-state index contributed by atoms with van der Waals surface area (Å²) in [5, 5.41) is 11.7. The van der Waals surface area contributed by atoms with Gasteiger partial charge in [0, 0.05) is 25.6 Å². The molecule has 2 nitrogen and oxygen atoms in total. The lowest BCUT2D eigenvalue weighted by Crippen LogP contribution is -2.27. The van der Waals surface area contributed by atoms with Gasteiger partial charge in [-0.05, 0) is 13.3 Å². The fourth-order valence-electron chi connectivity index (χ4n) is 0.686. The van der Waals surface area contributed by atoms with Crippen molar-refractivity contribution in [2.45, 2.75) is 25.8 Å². The zero-order valence-electron chi connectivity index (χ0n) is 6.43. The Hall–Kier alpha value is -0.520. The molecule has 0 amide bonds. The average molecular weight is 141 g/mol. The quantitative estimate of drug-likeness (QED) is 0.428. The molecule has 58 valence electrons. The first-order valence-electron chi connectivity index (χ1n) is 3.59. The van der Waals surface area contributed by atoms with E-state index in [1.165, 1.54) is 0 Å². The lowest BCUT2D eigenvalue weighted by Gasteiger charge is -2.09. The van der Waals surface area contributed by atoms with Crippen molar-refractivity contribution < 1.29 is 5.11 Å². The van der Waals surface area contributed by atoms with Crippen LogP contribution in [0, 0.1) is 12.3 Å². The average Bonchev–Trinajstić information content (AvgIpc) is 1.89. The third kappa shape index (κ3) is 5.61. The Labute approximate surface area is 62.6 Å². The molecule has 0 bridgehead atoms. The van der Waals surface area contributed by atoms with Crippen LogP contribution in [0.25, 0.3) is 0 Å². The van der Waals surface area contributed by atoms with E-state index in [0.29, 0.717) is 6.04 Å². The van der Waals surface area contributed by atoms with Gasteiger partial charge in [-0.15, -0.1) is 12.3 Å². The third-order valence-corrected chi connectivity index (χ3v) is 1.32. The fourth-order valence-corrected chi connectivity index (χ4v) is 0.686. The first kappa shape index (κ1) is 9.48. The molecule has 0 saturated carbocycles. The number of rotatable bonds is 5. The molecular formula is C8H15NO. The van der Waals surface area contributed by atoms with E-state index in [2.05, 4.69) is 11.2 Å². The predicted octanol–water partition coefficient (Wildman–Crippen LogP) is 0.370. The van der Waals surface area contributed by atoms with E-state index in [4.69, 9.17) is 11.5 Å². The van der Waals surface area contributed by atoms with Gasteiger partial charge in [0.05, 0.1) is 0 Å². The van der Waals surface area contributed by atoms with Crippen LogP contribution in [0.5, 0.6) is 0 Å². The SMILES string of the molecule is C#CCCNC(C)CCO. The molecule has 10 heavy (non-hydrogen) atoms. The molecular weight excluding hydrogens is 126 g/mol. The Morgan fingerprint density at radius 3 is 2.90 bits per heavy atom. The van der Waals surface area contributed by atoms with Crippen LogP contribution >= 0.6 is 0 Å². The summed E-state index contributed by atoms with van der Waals surface area (Å²) in [5.41, 5.74) is 0. The smallest absolute Gasteiger partial charge is 0.0445 e. The number of aliphatic hydroxyl groups excluding tert-OH is 1. The van der Waals surface area contributed by atoms with Gasteiger partial charge in [0.1, 0.15) is 0 Å².